The topological polar surface area (TPSA) is 31.6 Å². The van der Waals surface area contributed by atoms with E-state index in [-0.39, 0.29) is 5.82 Å². The average Bonchev–Trinajstić information content (AvgIpc) is 2.88. The molecule has 0 bridgehead atoms. The minimum atomic E-state index is -0.287. The van der Waals surface area contributed by atoms with E-state index in [0.29, 0.717) is 12.2 Å². The van der Waals surface area contributed by atoms with Crippen LogP contribution >= 0.6 is 0 Å². The molecule has 0 spiro atoms. The molecule has 0 N–H and O–H groups in total. The van der Waals surface area contributed by atoms with Gasteiger partial charge in [-0.3, -0.25) is 0 Å². The fourth-order valence-electron chi connectivity index (χ4n) is 2.00. The lowest BCUT2D eigenvalue weighted by Gasteiger charge is -2.06. The molecule has 3 nitrogen and oxygen atoms in total. The van der Waals surface area contributed by atoms with Gasteiger partial charge in [0.15, 0.2) is 0 Å². The van der Waals surface area contributed by atoms with Gasteiger partial charge in [-0.1, -0.05) is 0 Å². The predicted molar refractivity (Wildman–Crippen MR) is 73.5 cm³/mol. The zero-order chi connectivity index (χ0) is 13.9. The lowest BCUT2D eigenvalue weighted by molar-refractivity contribution is 0.305. The van der Waals surface area contributed by atoms with Gasteiger partial charge in [-0.05, 0) is 42.5 Å². The Morgan fingerprint density at radius 3 is 2.55 bits per heavy atom. The molecule has 20 heavy (non-hydrogen) atoms. The molecule has 4 heteroatoms. The summed E-state index contributed by atoms with van der Waals surface area (Å²) in [6, 6.07) is 11.7. The first-order chi connectivity index (χ1) is 9.76. The Labute approximate surface area is 115 Å². The quantitative estimate of drug-likeness (QED) is 0.714. The highest BCUT2D eigenvalue weighted by Crippen LogP contribution is 2.24. The SMILES string of the molecule is COc1ccc(OCc2coc3ccc(F)cc23)cc1. The number of furan rings is 1. The Balaban J connectivity index is 1.77. The maximum atomic E-state index is 13.2. The molecule has 102 valence electrons. The number of halogens is 1. The van der Waals surface area contributed by atoms with E-state index in [1.165, 1.54) is 12.1 Å². The van der Waals surface area contributed by atoms with Crippen molar-refractivity contribution in [2.24, 2.45) is 0 Å². The third-order valence-electron chi connectivity index (χ3n) is 3.07. The van der Waals surface area contributed by atoms with E-state index in [1.807, 2.05) is 24.3 Å². The minimum absolute atomic E-state index is 0.287. The van der Waals surface area contributed by atoms with Crippen molar-refractivity contribution in [2.45, 2.75) is 6.61 Å². The normalized spacial score (nSPS) is 10.7. The highest BCUT2D eigenvalue weighted by atomic mass is 19.1. The average molecular weight is 272 g/mol. The number of benzene rings is 2. The molecule has 0 aliphatic heterocycles. The van der Waals surface area contributed by atoms with Gasteiger partial charge in [-0.25, -0.2) is 4.39 Å². The lowest BCUT2D eigenvalue weighted by atomic mass is 10.2. The van der Waals surface area contributed by atoms with E-state index in [1.54, 1.807) is 19.4 Å². The van der Waals surface area contributed by atoms with E-state index in [2.05, 4.69) is 0 Å². The summed E-state index contributed by atoms with van der Waals surface area (Å²) >= 11 is 0. The van der Waals surface area contributed by atoms with Crippen LogP contribution in [0.5, 0.6) is 11.5 Å². The molecule has 0 saturated heterocycles. The third-order valence-corrected chi connectivity index (χ3v) is 3.07. The molecule has 0 aliphatic rings. The minimum Gasteiger partial charge on any atom is -0.497 e. The van der Waals surface area contributed by atoms with E-state index in [0.717, 1.165) is 22.4 Å². The molecule has 0 unspecified atom stereocenters. The smallest absolute Gasteiger partial charge is 0.134 e. The number of rotatable bonds is 4. The van der Waals surface area contributed by atoms with Crippen molar-refractivity contribution in [3.8, 4) is 11.5 Å². The van der Waals surface area contributed by atoms with Crippen molar-refractivity contribution < 1.29 is 18.3 Å². The van der Waals surface area contributed by atoms with Gasteiger partial charge in [0.05, 0.1) is 13.4 Å². The van der Waals surface area contributed by atoms with Gasteiger partial charge in [-0.15, -0.1) is 0 Å². The molecule has 0 amide bonds. The van der Waals surface area contributed by atoms with Gasteiger partial charge in [0.25, 0.3) is 0 Å². The zero-order valence-electron chi connectivity index (χ0n) is 10.9. The summed E-state index contributed by atoms with van der Waals surface area (Å²) in [5.41, 5.74) is 1.47. The summed E-state index contributed by atoms with van der Waals surface area (Å²) in [6.07, 6.45) is 1.59. The number of hydrogen-bond donors (Lipinski definition) is 0. The Morgan fingerprint density at radius 2 is 1.80 bits per heavy atom. The summed E-state index contributed by atoms with van der Waals surface area (Å²) < 4.78 is 29.3. The highest BCUT2D eigenvalue weighted by Gasteiger charge is 2.07. The summed E-state index contributed by atoms with van der Waals surface area (Å²) in [5.74, 6) is 1.20. The van der Waals surface area contributed by atoms with Crippen LogP contribution in [0.4, 0.5) is 4.39 Å². The molecule has 0 saturated carbocycles. The van der Waals surface area contributed by atoms with E-state index < -0.39 is 0 Å². The summed E-state index contributed by atoms with van der Waals surface area (Å²) in [4.78, 5) is 0. The Hall–Kier alpha value is -2.49. The van der Waals surface area contributed by atoms with Crippen molar-refractivity contribution in [1.29, 1.82) is 0 Å². The molecule has 1 aromatic heterocycles. The first-order valence-corrected chi connectivity index (χ1v) is 6.19. The predicted octanol–water partition coefficient (Wildman–Crippen LogP) is 4.16. The van der Waals surface area contributed by atoms with Crippen LogP contribution in [0, 0.1) is 5.82 Å². The molecule has 2 aromatic carbocycles. The fraction of sp³-hybridized carbons (Fsp3) is 0.125. The second-order valence-corrected chi connectivity index (χ2v) is 4.37. The van der Waals surface area contributed by atoms with Crippen molar-refractivity contribution in [2.75, 3.05) is 7.11 Å². The molecule has 3 rings (SSSR count). The van der Waals surface area contributed by atoms with Gasteiger partial charge in [0.1, 0.15) is 29.5 Å². The Bertz CT molecular complexity index is 716. The van der Waals surface area contributed by atoms with E-state index >= 15 is 0 Å². The number of ether oxygens (including phenoxy) is 2. The first-order valence-electron chi connectivity index (χ1n) is 6.19. The standard InChI is InChI=1S/C16H13FO3/c1-18-13-3-5-14(6-4-13)19-9-11-10-20-16-7-2-12(17)8-15(11)16/h2-8,10H,9H2,1H3. The van der Waals surface area contributed by atoms with Crippen LogP contribution in [0.15, 0.2) is 53.1 Å². The van der Waals surface area contributed by atoms with E-state index in [9.17, 15) is 4.39 Å². The molecule has 3 aromatic rings. The number of methoxy groups -OCH3 is 1. The maximum absolute atomic E-state index is 13.2. The number of hydrogen-bond acceptors (Lipinski definition) is 3. The Morgan fingerprint density at radius 1 is 1.05 bits per heavy atom. The van der Waals surface area contributed by atoms with Gasteiger partial charge in [0, 0.05) is 10.9 Å². The second kappa shape index (κ2) is 5.25. The summed E-state index contributed by atoms with van der Waals surface area (Å²) in [5, 5.41) is 0.735. The van der Waals surface area contributed by atoms with Gasteiger partial charge < -0.3 is 13.9 Å². The van der Waals surface area contributed by atoms with Crippen LogP contribution in [0.25, 0.3) is 11.0 Å². The zero-order valence-corrected chi connectivity index (χ0v) is 10.9. The molecule has 0 aliphatic carbocycles. The molecular weight excluding hydrogens is 259 g/mol. The van der Waals surface area contributed by atoms with Crippen LogP contribution in [0.2, 0.25) is 0 Å². The first kappa shape index (κ1) is 12.5. The Kier molecular flexibility index (Phi) is 3.29. The van der Waals surface area contributed by atoms with Crippen molar-refractivity contribution >= 4 is 11.0 Å². The number of fused-ring (bicyclic) bond motifs is 1. The molecule has 0 fully saturated rings. The summed E-state index contributed by atoms with van der Waals surface area (Å²) in [6.45, 7) is 0.322. The van der Waals surface area contributed by atoms with Gasteiger partial charge in [0.2, 0.25) is 0 Å². The molecule has 1 heterocycles. The maximum Gasteiger partial charge on any atom is 0.134 e. The second-order valence-electron chi connectivity index (χ2n) is 4.37. The third kappa shape index (κ3) is 2.45. The van der Waals surface area contributed by atoms with Crippen molar-refractivity contribution in [1.82, 2.24) is 0 Å². The van der Waals surface area contributed by atoms with Crippen LogP contribution in [0.3, 0.4) is 0 Å². The van der Waals surface area contributed by atoms with Crippen LogP contribution < -0.4 is 9.47 Å². The summed E-state index contributed by atoms with van der Waals surface area (Å²) in [7, 11) is 1.61. The van der Waals surface area contributed by atoms with E-state index in [4.69, 9.17) is 13.9 Å². The van der Waals surface area contributed by atoms with Gasteiger partial charge in [-0.2, -0.15) is 0 Å². The largest absolute Gasteiger partial charge is 0.497 e. The van der Waals surface area contributed by atoms with Crippen molar-refractivity contribution in [3.63, 3.8) is 0 Å². The van der Waals surface area contributed by atoms with Gasteiger partial charge >= 0.3 is 0 Å². The van der Waals surface area contributed by atoms with Crippen molar-refractivity contribution in [3.05, 3.63) is 60.1 Å². The van der Waals surface area contributed by atoms with Crippen LogP contribution in [0.1, 0.15) is 5.56 Å². The highest BCUT2D eigenvalue weighted by molar-refractivity contribution is 5.80. The monoisotopic (exact) mass is 272 g/mol. The fourth-order valence-corrected chi connectivity index (χ4v) is 2.00. The van der Waals surface area contributed by atoms with Crippen LogP contribution in [-0.4, -0.2) is 7.11 Å². The lowest BCUT2D eigenvalue weighted by Crippen LogP contribution is -1.94. The molecule has 0 atom stereocenters. The van der Waals surface area contributed by atoms with Crippen LogP contribution in [-0.2, 0) is 6.61 Å². The molecular formula is C16H13FO3. The molecule has 0 radical (unpaired) electrons.